The van der Waals surface area contributed by atoms with Gasteiger partial charge in [0.05, 0.1) is 0 Å². The first-order chi connectivity index (χ1) is 7.54. The van der Waals surface area contributed by atoms with E-state index in [1.807, 2.05) is 0 Å². The maximum Gasteiger partial charge on any atom is 0.142 e. The van der Waals surface area contributed by atoms with Crippen molar-refractivity contribution in [2.24, 2.45) is 5.92 Å². The second-order valence-corrected chi connectivity index (χ2v) is 4.08. The summed E-state index contributed by atoms with van der Waals surface area (Å²) in [6.07, 6.45) is 0. The predicted octanol–water partition coefficient (Wildman–Crippen LogP) is 2.24. The fourth-order valence-corrected chi connectivity index (χ4v) is 1.42. The molecule has 3 nitrogen and oxygen atoms in total. The van der Waals surface area contributed by atoms with Gasteiger partial charge in [-0.3, -0.25) is 10.4 Å². The minimum absolute atomic E-state index is 0.281. The lowest BCUT2D eigenvalue weighted by Gasteiger charge is -2.25. The summed E-state index contributed by atoms with van der Waals surface area (Å²) in [6, 6.07) is 5.96. The van der Waals surface area contributed by atoms with Crippen LogP contribution >= 0.6 is 0 Å². The van der Waals surface area contributed by atoms with Crippen molar-refractivity contribution < 1.29 is 4.39 Å². The van der Waals surface area contributed by atoms with Crippen LogP contribution in [0.3, 0.4) is 0 Å². The predicted molar refractivity (Wildman–Crippen MR) is 63.8 cm³/mol. The van der Waals surface area contributed by atoms with Crippen LogP contribution in [0.4, 0.5) is 4.39 Å². The molecule has 0 atom stereocenters. The third-order valence-electron chi connectivity index (χ3n) is 2.21. The molecule has 88 valence electrons. The fourth-order valence-electron chi connectivity index (χ4n) is 1.42. The number of hydrogen-bond acceptors (Lipinski definition) is 2. The number of halogens is 1. The Morgan fingerprint density at radius 1 is 1.38 bits per heavy atom. The van der Waals surface area contributed by atoms with Gasteiger partial charge in [0.2, 0.25) is 0 Å². The zero-order valence-corrected chi connectivity index (χ0v) is 9.92. The summed E-state index contributed by atoms with van der Waals surface area (Å²) in [6.45, 7) is 4.91. The third-order valence-corrected chi connectivity index (χ3v) is 2.21. The van der Waals surface area contributed by atoms with Crippen molar-refractivity contribution in [3.63, 3.8) is 0 Å². The number of nitrogens with zero attached hydrogens (tertiary/aromatic N) is 1. The van der Waals surface area contributed by atoms with Crippen molar-refractivity contribution in [3.8, 4) is 0 Å². The second kappa shape index (κ2) is 5.61. The topological polar surface area (TPSA) is 39.1 Å². The Balaban J connectivity index is 2.78. The molecule has 0 amide bonds. The van der Waals surface area contributed by atoms with Crippen LogP contribution in [0.5, 0.6) is 0 Å². The zero-order chi connectivity index (χ0) is 12.1. The Morgan fingerprint density at radius 2 is 1.94 bits per heavy atom. The molecule has 4 heteroatoms. The molecular weight excluding hydrogens is 205 g/mol. The number of hydrazine groups is 1. The minimum Gasteiger partial charge on any atom is -0.292 e. The molecule has 0 aliphatic heterocycles. The molecule has 2 N–H and O–H groups in total. The van der Waals surface area contributed by atoms with Crippen molar-refractivity contribution in [2.75, 3.05) is 13.6 Å². The van der Waals surface area contributed by atoms with Crippen molar-refractivity contribution in [1.82, 2.24) is 10.4 Å². The van der Waals surface area contributed by atoms with Crippen molar-refractivity contribution in [2.45, 2.75) is 13.8 Å². The van der Waals surface area contributed by atoms with Gasteiger partial charge in [-0.05, 0) is 30.2 Å². The summed E-state index contributed by atoms with van der Waals surface area (Å²) in [7, 11) is 1.78. The lowest BCUT2D eigenvalue weighted by Crippen LogP contribution is -2.42. The number of rotatable bonds is 4. The maximum atomic E-state index is 12.7. The summed E-state index contributed by atoms with van der Waals surface area (Å²) in [4.78, 5) is 0. The summed E-state index contributed by atoms with van der Waals surface area (Å²) < 4.78 is 12.7. The standard InChI is InChI=1S/C12H18FN3/c1-9(2)8-16(15-3)12(14)10-4-6-11(13)7-5-10/h4-7,9,14-15H,8H2,1-3H3. The van der Waals surface area contributed by atoms with E-state index in [4.69, 9.17) is 5.41 Å². The number of amidine groups is 1. The SMILES string of the molecule is CNN(CC(C)C)C(=N)c1ccc(F)cc1. The maximum absolute atomic E-state index is 12.7. The zero-order valence-electron chi connectivity index (χ0n) is 9.92. The minimum atomic E-state index is -0.281. The van der Waals surface area contributed by atoms with Crippen LogP contribution in [0.1, 0.15) is 19.4 Å². The van der Waals surface area contributed by atoms with Gasteiger partial charge in [-0.25, -0.2) is 9.82 Å². The van der Waals surface area contributed by atoms with Crippen LogP contribution in [0.25, 0.3) is 0 Å². The summed E-state index contributed by atoms with van der Waals surface area (Å²) >= 11 is 0. The molecule has 0 saturated carbocycles. The Bertz CT molecular complexity index is 346. The Kier molecular flexibility index (Phi) is 4.43. The van der Waals surface area contributed by atoms with Gasteiger partial charge in [-0.2, -0.15) is 0 Å². The number of hydrogen-bond donors (Lipinski definition) is 2. The average Bonchev–Trinajstić information content (AvgIpc) is 2.25. The number of nitrogens with one attached hydrogen (secondary N) is 2. The van der Waals surface area contributed by atoms with Crippen LogP contribution in [0, 0.1) is 17.1 Å². The number of benzene rings is 1. The van der Waals surface area contributed by atoms with E-state index in [-0.39, 0.29) is 5.82 Å². The normalized spacial score (nSPS) is 10.6. The fraction of sp³-hybridized carbons (Fsp3) is 0.417. The van der Waals surface area contributed by atoms with Crippen LogP contribution in [-0.4, -0.2) is 24.4 Å². The highest BCUT2D eigenvalue weighted by Gasteiger charge is 2.11. The van der Waals surface area contributed by atoms with Gasteiger partial charge < -0.3 is 0 Å². The molecule has 16 heavy (non-hydrogen) atoms. The van der Waals surface area contributed by atoms with E-state index in [9.17, 15) is 4.39 Å². The average molecular weight is 223 g/mol. The first kappa shape index (κ1) is 12.6. The largest absolute Gasteiger partial charge is 0.292 e. The van der Waals surface area contributed by atoms with Gasteiger partial charge in [0.15, 0.2) is 0 Å². The van der Waals surface area contributed by atoms with E-state index >= 15 is 0 Å². The van der Waals surface area contributed by atoms with Crippen molar-refractivity contribution >= 4 is 5.84 Å². The van der Waals surface area contributed by atoms with Crippen molar-refractivity contribution in [1.29, 1.82) is 5.41 Å². The monoisotopic (exact) mass is 223 g/mol. The molecule has 0 aromatic heterocycles. The quantitative estimate of drug-likeness (QED) is 0.467. The van der Waals surface area contributed by atoms with Gasteiger partial charge in [0.25, 0.3) is 0 Å². The van der Waals surface area contributed by atoms with Crippen LogP contribution < -0.4 is 5.43 Å². The smallest absolute Gasteiger partial charge is 0.142 e. The van der Waals surface area contributed by atoms with Gasteiger partial charge in [0, 0.05) is 19.2 Å². The highest BCUT2D eigenvalue weighted by Crippen LogP contribution is 2.07. The molecule has 1 aromatic rings. The first-order valence-corrected chi connectivity index (χ1v) is 5.34. The van der Waals surface area contributed by atoms with E-state index in [0.29, 0.717) is 17.3 Å². The first-order valence-electron chi connectivity index (χ1n) is 5.34. The Hall–Kier alpha value is -1.42. The highest BCUT2D eigenvalue weighted by atomic mass is 19.1. The van der Waals surface area contributed by atoms with E-state index < -0.39 is 0 Å². The third kappa shape index (κ3) is 3.31. The molecular formula is C12H18FN3. The molecule has 0 spiro atoms. The van der Waals surface area contributed by atoms with Gasteiger partial charge in [-0.15, -0.1) is 0 Å². The van der Waals surface area contributed by atoms with Gasteiger partial charge in [0.1, 0.15) is 11.7 Å². The summed E-state index contributed by atoms with van der Waals surface area (Å²) in [5.41, 5.74) is 3.67. The second-order valence-electron chi connectivity index (χ2n) is 4.08. The van der Waals surface area contributed by atoms with E-state index in [2.05, 4.69) is 19.3 Å². The summed E-state index contributed by atoms with van der Waals surface area (Å²) in [5, 5.41) is 9.74. The van der Waals surface area contributed by atoms with Crippen LogP contribution in [0.2, 0.25) is 0 Å². The van der Waals surface area contributed by atoms with Crippen molar-refractivity contribution in [3.05, 3.63) is 35.6 Å². The molecule has 0 aliphatic carbocycles. The molecule has 1 aromatic carbocycles. The Morgan fingerprint density at radius 3 is 2.38 bits per heavy atom. The van der Waals surface area contributed by atoms with E-state index in [1.165, 1.54) is 12.1 Å². The van der Waals surface area contributed by atoms with Gasteiger partial charge >= 0.3 is 0 Å². The van der Waals surface area contributed by atoms with E-state index in [0.717, 1.165) is 6.54 Å². The van der Waals surface area contributed by atoms with Gasteiger partial charge in [-0.1, -0.05) is 13.8 Å². The molecule has 0 bridgehead atoms. The molecule has 0 aliphatic rings. The molecule has 0 unspecified atom stereocenters. The van der Waals surface area contributed by atoms with Crippen LogP contribution in [0.15, 0.2) is 24.3 Å². The molecule has 0 heterocycles. The molecule has 1 rings (SSSR count). The van der Waals surface area contributed by atoms with E-state index in [1.54, 1.807) is 24.2 Å². The molecule has 0 saturated heterocycles. The highest BCUT2D eigenvalue weighted by molar-refractivity contribution is 5.95. The lowest BCUT2D eigenvalue weighted by molar-refractivity contribution is 0.299. The van der Waals surface area contributed by atoms with Crippen LogP contribution in [-0.2, 0) is 0 Å². The Labute approximate surface area is 95.8 Å². The lowest BCUT2D eigenvalue weighted by atomic mass is 10.1. The molecule has 0 radical (unpaired) electrons. The molecule has 0 fully saturated rings. The summed E-state index contributed by atoms with van der Waals surface area (Å²) in [5.74, 6) is 0.529.